The van der Waals surface area contributed by atoms with Crippen molar-refractivity contribution in [3.8, 4) is 0 Å². The Labute approximate surface area is 121 Å². The third-order valence-electron chi connectivity index (χ3n) is 3.48. The smallest absolute Gasteiger partial charge is 0.221 e. The summed E-state index contributed by atoms with van der Waals surface area (Å²) >= 11 is 0. The highest BCUT2D eigenvalue weighted by Gasteiger charge is 2.19. The molecule has 1 unspecified atom stereocenters. The molecule has 0 saturated heterocycles. The molecule has 1 aromatic rings. The lowest BCUT2D eigenvalue weighted by Gasteiger charge is -2.27. The third-order valence-corrected chi connectivity index (χ3v) is 3.48. The van der Waals surface area contributed by atoms with Crippen LogP contribution in [-0.4, -0.2) is 31.4 Å². The minimum Gasteiger partial charge on any atom is -0.326 e. The number of hydrogen-bond donors (Lipinski definition) is 1. The van der Waals surface area contributed by atoms with Gasteiger partial charge in [-0.15, -0.1) is 12.4 Å². The van der Waals surface area contributed by atoms with E-state index in [1.165, 1.54) is 17.5 Å². The van der Waals surface area contributed by atoms with Gasteiger partial charge in [-0.2, -0.15) is 0 Å². The van der Waals surface area contributed by atoms with Crippen molar-refractivity contribution in [1.29, 1.82) is 0 Å². The minimum atomic E-state index is -0.00348. The number of amides is 1. The van der Waals surface area contributed by atoms with Gasteiger partial charge >= 0.3 is 0 Å². The summed E-state index contributed by atoms with van der Waals surface area (Å²) < 4.78 is 0. The summed E-state index contributed by atoms with van der Waals surface area (Å²) in [5.74, 6) is 0.760. The van der Waals surface area contributed by atoms with Crippen LogP contribution in [0.3, 0.4) is 0 Å². The number of hydrogen-bond acceptors (Lipinski definition) is 2. The molecule has 0 saturated carbocycles. The monoisotopic (exact) mass is 282 g/mol. The lowest BCUT2D eigenvalue weighted by atomic mass is 9.83. The summed E-state index contributed by atoms with van der Waals surface area (Å²) in [4.78, 5) is 13.3. The fourth-order valence-electron chi connectivity index (χ4n) is 2.78. The lowest BCUT2D eigenvalue weighted by Crippen LogP contribution is -2.26. The molecule has 19 heavy (non-hydrogen) atoms. The van der Waals surface area contributed by atoms with Crippen LogP contribution in [0.5, 0.6) is 0 Å². The Kier molecular flexibility index (Phi) is 5.83. The van der Waals surface area contributed by atoms with Crippen molar-refractivity contribution in [3.05, 3.63) is 29.3 Å². The second-order valence-electron chi connectivity index (χ2n) is 5.54. The van der Waals surface area contributed by atoms with Gasteiger partial charge in [-0.3, -0.25) is 4.79 Å². The molecule has 3 nitrogen and oxygen atoms in total. The zero-order valence-corrected chi connectivity index (χ0v) is 12.7. The summed E-state index contributed by atoms with van der Waals surface area (Å²) in [6, 6.07) is 6.31. The van der Waals surface area contributed by atoms with Crippen LogP contribution < -0.4 is 5.32 Å². The molecular formula is C15H23ClN2O. The molecule has 0 aromatic heterocycles. The summed E-state index contributed by atoms with van der Waals surface area (Å²) in [6.07, 6.45) is 3.53. The number of aryl methyl sites for hydroxylation is 1. The number of rotatable bonds is 3. The average Bonchev–Trinajstić information content (AvgIpc) is 2.27. The minimum absolute atomic E-state index is 0. The van der Waals surface area contributed by atoms with E-state index in [9.17, 15) is 4.79 Å². The number of halogens is 1. The van der Waals surface area contributed by atoms with Crippen LogP contribution in [0.1, 0.15) is 24.5 Å². The van der Waals surface area contributed by atoms with Crippen molar-refractivity contribution >= 4 is 24.0 Å². The number of nitrogens with zero attached hydrogens (tertiary/aromatic N) is 1. The fourth-order valence-corrected chi connectivity index (χ4v) is 2.78. The number of benzene rings is 1. The summed E-state index contributed by atoms with van der Waals surface area (Å²) in [5.41, 5.74) is 3.77. The van der Waals surface area contributed by atoms with Crippen LogP contribution >= 0.6 is 12.4 Å². The van der Waals surface area contributed by atoms with Crippen molar-refractivity contribution in [2.45, 2.75) is 26.2 Å². The topological polar surface area (TPSA) is 32.3 Å². The van der Waals surface area contributed by atoms with Gasteiger partial charge in [-0.25, -0.2) is 0 Å². The predicted octanol–water partition coefficient (Wildman–Crippen LogP) is 2.73. The fraction of sp³-hybridized carbons (Fsp3) is 0.533. The Balaban J connectivity index is 0.00000180. The second-order valence-corrected chi connectivity index (χ2v) is 5.54. The highest BCUT2D eigenvalue weighted by atomic mass is 35.5. The number of fused-ring (bicyclic) bond motifs is 1. The number of anilines is 1. The summed E-state index contributed by atoms with van der Waals surface area (Å²) in [7, 11) is 4.27. The molecule has 0 radical (unpaired) electrons. The van der Waals surface area contributed by atoms with E-state index in [1.54, 1.807) is 6.92 Å². The highest BCUT2D eigenvalue weighted by Crippen LogP contribution is 2.28. The van der Waals surface area contributed by atoms with E-state index >= 15 is 0 Å². The number of nitrogens with one attached hydrogen (secondary N) is 1. The first-order valence-electron chi connectivity index (χ1n) is 6.58. The van der Waals surface area contributed by atoms with Crippen molar-refractivity contribution in [2.24, 2.45) is 5.92 Å². The van der Waals surface area contributed by atoms with Crippen molar-refractivity contribution in [3.63, 3.8) is 0 Å². The van der Waals surface area contributed by atoms with E-state index in [2.05, 4.69) is 36.4 Å². The second kappa shape index (κ2) is 6.92. The molecule has 0 spiro atoms. The molecular weight excluding hydrogens is 260 g/mol. The van der Waals surface area contributed by atoms with Gasteiger partial charge in [0.2, 0.25) is 5.91 Å². The van der Waals surface area contributed by atoms with Gasteiger partial charge in [-0.05, 0) is 62.5 Å². The van der Waals surface area contributed by atoms with Crippen molar-refractivity contribution in [1.82, 2.24) is 4.90 Å². The van der Waals surface area contributed by atoms with Gasteiger partial charge in [0, 0.05) is 19.2 Å². The van der Waals surface area contributed by atoms with E-state index in [1.807, 2.05) is 6.07 Å². The molecule has 4 heteroatoms. The zero-order valence-electron chi connectivity index (χ0n) is 11.9. The first-order valence-corrected chi connectivity index (χ1v) is 6.58. The molecule has 1 aromatic carbocycles. The third kappa shape index (κ3) is 4.51. The maximum Gasteiger partial charge on any atom is 0.221 e. The Morgan fingerprint density at radius 1 is 1.37 bits per heavy atom. The maximum atomic E-state index is 11.0. The van der Waals surface area contributed by atoms with Crippen LogP contribution in [0, 0.1) is 5.92 Å². The molecule has 0 fully saturated rings. The average molecular weight is 283 g/mol. The van der Waals surface area contributed by atoms with E-state index < -0.39 is 0 Å². The zero-order chi connectivity index (χ0) is 13.1. The predicted molar refractivity (Wildman–Crippen MR) is 82.1 cm³/mol. The van der Waals surface area contributed by atoms with Crippen molar-refractivity contribution < 1.29 is 4.79 Å². The van der Waals surface area contributed by atoms with Crippen LogP contribution in [0.25, 0.3) is 0 Å². The normalized spacial score (nSPS) is 17.6. The first kappa shape index (κ1) is 16.0. The van der Waals surface area contributed by atoms with Crippen LogP contribution in [0.2, 0.25) is 0 Å². The molecule has 1 N–H and O–H groups in total. The Hall–Kier alpha value is -1.06. The van der Waals surface area contributed by atoms with E-state index in [0.717, 1.165) is 31.0 Å². The number of carbonyl (C=O) groups is 1. The Morgan fingerprint density at radius 3 is 2.74 bits per heavy atom. The van der Waals surface area contributed by atoms with Gasteiger partial charge < -0.3 is 10.2 Å². The first-order chi connectivity index (χ1) is 8.54. The Bertz CT molecular complexity index is 446. The van der Waals surface area contributed by atoms with Crippen molar-refractivity contribution in [2.75, 3.05) is 26.0 Å². The molecule has 1 aliphatic carbocycles. The molecule has 0 bridgehead atoms. The van der Waals surface area contributed by atoms with Crippen LogP contribution in [-0.2, 0) is 17.6 Å². The molecule has 106 valence electrons. The molecule has 0 heterocycles. The van der Waals surface area contributed by atoms with Gasteiger partial charge in [0.15, 0.2) is 0 Å². The molecule has 1 atom stereocenters. The molecule has 1 amide bonds. The highest BCUT2D eigenvalue weighted by molar-refractivity contribution is 5.88. The SMILES string of the molecule is CC(=O)Nc1ccc2c(c1)CCC(CN(C)C)C2.Cl. The summed E-state index contributed by atoms with van der Waals surface area (Å²) in [6.45, 7) is 2.71. The van der Waals surface area contributed by atoms with Gasteiger partial charge in [-0.1, -0.05) is 6.07 Å². The van der Waals surface area contributed by atoms with E-state index in [4.69, 9.17) is 0 Å². The molecule has 1 aliphatic rings. The van der Waals surface area contributed by atoms with Gasteiger partial charge in [0.25, 0.3) is 0 Å². The van der Waals surface area contributed by atoms with Gasteiger partial charge in [0.05, 0.1) is 0 Å². The number of carbonyl (C=O) groups excluding carboxylic acids is 1. The maximum absolute atomic E-state index is 11.0. The lowest BCUT2D eigenvalue weighted by molar-refractivity contribution is -0.114. The standard InChI is InChI=1S/C15H22N2O.ClH/c1-11(18)16-15-7-6-13-8-12(10-17(2)3)4-5-14(13)9-15;/h6-7,9,12H,4-5,8,10H2,1-3H3,(H,16,18);1H. The van der Waals surface area contributed by atoms with Crippen LogP contribution in [0.4, 0.5) is 5.69 Å². The van der Waals surface area contributed by atoms with E-state index in [-0.39, 0.29) is 18.3 Å². The summed E-state index contributed by atoms with van der Waals surface area (Å²) in [5, 5.41) is 2.85. The van der Waals surface area contributed by atoms with E-state index in [0.29, 0.717) is 0 Å². The Morgan fingerprint density at radius 2 is 2.11 bits per heavy atom. The largest absolute Gasteiger partial charge is 0.326 e. The molecule has 2 rings (SSSR count). The molecule has 0 aliphatic heterocycles. The van der Waals surface area contributed by atoms with Gasteiger partial charge in [0.1, 0.15) is 0 Å². The quantitative estimate of drug-likeness (QED) is 0.925. The van der Waals surface area contributed by atoms with Crippen LogP contribution in [0.15, 0.2) is 18.2 Å².